The Hall–Kier alpha value is -1.96. The summed E-state index contributed by atoms with van der Waals surface area (Å²) in [5.74, 6) is -0.346. The Morgan fingerprint density at radius 3 is 2.78 bits per heavy atom. The molecule has 0 saturated heterocycles. The molecule has 3 aromatic rings. The lowest BCUT2D eigenvalue weighted by Crippen LogP contribution is -2.13. The summed E-state index contributed by atoms with van der Waals surface area (Å²) in [4.78, 5) is 12.7. The van der Waals surface area contributed by atoms with E-state index in [9.17, 15) is 4.79 Å². The Morgan fingerprint density at radius 1 is 1.26 bits per heavy atom. The molecule has 0 aliphatic heterocycles. The maximum absolute atomic E-state index is 12.7. The van der Waals surface area contributed by atoms with Gasteiger partial charge < -0.3 is 0 Å². The van der Waals surface area contributed by atoms with Crippen LogP contribution in [0.3, 0.4) is 0 Å². The molecular formula is C18H19Cl2N5OS. The second kappa shape index (κ2) is 8.82. The van der Waals surface area contributed by atoms with Gasteiger partial charge >= 0.3 is 0 Å². The molecule has 2 heterocycles. The first-order valence-corrected chi connectivity index (χ1v) is 10.2. The average Bonchev–Trinajstić information content (AvgIpc) is 3.19. The van der Waals surface area contributed by atoms with Crippen molar-refractivity contribution in [3.63, 3.8) is 0 Å². The topological polar surface area (TPSA) is 72.7 Å². The van der Waals surface area contributed by atoms with Gasteiger partial charge in [0.2, 0.25) is 5.13 Å². The van der Waals surface area contributed by atoms with Crippen LogP contribution in [0.25, 0.3) is 0 Å². The van der Waals surface area contributed by atoms with Crippen LogP contribution in [0.4, 0.5) is 5.13 Å². The van der Waals surface area contributed by atoms with E-state index >= 15 is 0 Å². The van der Waals surface area contributed by atoms with Crippen molar-refractivity contribution >= 4 is 45.6 Å². The Labute approximate surface area is 171 Å². The Balaban J connectivity index is 1.76. The predicted octanol–water partition coefficient (Wildman–Crippen LogP) is 4.99. The van der Waals surface area contributed by atoms with Gasteiger partial charge in [0, 0.05) is 11.4 Å². The Kier molecular flexibility index (Phi) is 6.46. The average molecular weight is 424 g/mol. The van der Waals surface area contributed by atoms with E-state index < -0.39 is 0 Å². The number of carbonyl (C=O) groups is 1. The van der Waals surface area contributed by atoms with Crippen molar-refractivity contribution in [3.8, 4) is 0 Å². The summed E-state index contributed by atoms with van der Waals surface area (Å²) >= 11 is 14.0. The number of carbonyl (C=O) groups excluding carboxylic acids is 1. The van der Waals surface area contributed by atoms with E-state index in [0.717, 1.165) is 29.8 Å². The van der Waals surface area contributed by atoms with Crippen LogP contribution >= 0.6 is 34.5 Å². The summed E-state index contributed by atoms with van der Waals surface area (Å²) in [6.45, 7) is 4.25. The van der Waals surface area contributed by atoms with Gasteiger partial charge in [0.25, 0.3) is 5.91 Å². The fourth-order valence-corrected chi connectivity index (χ4v) is 3.89. The summed E-state index contributed by atoms with van der Waals surface area (Å²) in [6.07, 6.45) is 2.99. The molecule has 142 valence electrons. The molecule has 0 aliphatic carbocycles. The van der Waals surface area contributed by atoms with Gasteiger partial charge in [-0.05, 0) is 25.0 Å². The number of aryl methyl sites for hydroxylation is 2. The minimum atomic E-state index is -0.346. The van der Waals surface area contributed by atoms with Gasteiger partial charge in [-0.1, -0.05) is 66.1 Å². The highest BCUT2D eigenvalue weighted by atomic mass is 35.5. The molecule has 6 nitrogen and oxygen atoms in total. The van der Waals surface area contributed by atoms with Crippen LogP contribution in [-0.2, 0) is 13.0 Å². The van der Waals surface area contributed by atoms with E-state index in [1.807, 2.05) is 18.2 Å². The van der Waals surface area contributed by atoms with E-state index in [1.54, 1.807) is 17.7 Å². The molecule has 2 aromatic heterocycles. The molecule has 1 aromatic carbocycles. The summed E-state index contributed by atoms with van der Waals surface area (Å²) < 4.78 is 1.57. The standard InChI is InChI=1S/C18H19Cl2N5OS/c1-3-4-9-14-22-23-18(27-14)21-17(26)15-11(2)24-25(16(15)20)10-12-7-5-6-8-13(12)19/h5-8H,3-4,9-10H2,1-2H3,(H,21,23,26). The Morgan fingerprint density at radius 2 is 2.04 bits per heavy atom. The number of unbranched alkanes of at least 4 members (excludes halogenated alkanes) is 1. The molecule has 1 N–H and O–H groups in total. The minimum Gasteiger partial charge on any atom is -0.296 e. The maximum atomic E-state index is 12.7. The molecule has 0 bridgehead atoms. The zero-order valence-corrected chi connectivity index (χ0v) is 17.3. The number of hydrogen-bond acceptors (Lipinski definition) is 5. The molecule has 1 amide bonds. The number of amides is 1. The summed E-state index contributed by atoms with van der Waals surface area (Å²) in [7, 11) is 0. The summed E-state index contributed by atoms with van der Waals surface area (Å²) in [6, 6.07) is 7.46. The Bertz CT molecular complexity index is 953. The highest BCUT2D eigenvalue weighted by Crippen LogP contribution is 2.25. The molecule has 0 saturated carbocycles. The second-order valence-corrected chi connectivity index (χ2v) is 7.89. The number of benzene rings is 1. The third kappa shape index (κ3) is 4.66. The number of nitrogens with one attached hydrogen (secondary N) is 1. The quantitative estimate of drug-likeness (QED) is 0.580. The predicted molar refractivity (Wildman–Crippen MR) is 109 cm³/mol. The first-order valence-electron chi connectivity index (χ1n) is 8.59. The van der Waals surface area contributed by atoms with E-state index in [2.05, 4.69) is 27.5 Å². The fourth-order valence-electron chi connectivity index (χ4n) is 2.60. The van der Waals surface area contributed by atoms with Crippen molar-refractivity contribution in [3.05, 3.63) is 56.3 Å². The lowest BCUT2D eigenvalue weighted by Gasteiger charge is -2.06. The lowest BCUT2D eigenvalue weighted by molar-refractivity contribution is 0.102. The van der Waals surface area contributed by atoms with Crippen molar-refractivity contribution in [2.45, 2.75) is 39.7 Å². The first kappa shape index (κ1) is 19.8. The first-order chi connectivity index (χ1) is 13.0. The van der Waals surface area contributed by atoms with Crippen molar-refractivity contribution in [2.24, 2.45) is 0 Å². The number of halogens is 2. The fraction of sp³-hybridized carbons (Fsp3) is 0.333. The number of hydrogen-bond donors (Lipinski definition) is 1. The lowest BCUT2D eigenvalue weighted by atomic mass is 10.2. The number of anilines is 1. The van der Waals surface area contributed by atoms with Crippen molar-refractivity contribution in [2.75, 3.05) is 5.32 Å². The molecular weight excluding hydrogens is 405 g/mol. The van der Waals surface area contributed by atoms with Gasteiger partial charge in [-0.3, -0.25) is 10.1 Å². The van der Waals surface area contributed by atoms with E-state index in [-0.39, 0.29) is 11.1 Å². The van der Waals surface area contributed by atoms with Crippen LogP contribution in [0.1, 0.15) is 46.4 Å². The van der Waals surface area contributed by atoms with Crippen LogP contribution in [0.5, 0.6) is 0 Å². The van der Waals surface area contributed by atoms with E-state index in [0.29, 0.717) is 28.0 Å². The SMILES string of the molecule is CCCCc1nnc(NC(=O)c2c(C)nn(Cc3ccccc3Cl)c2Cl)s1. The van der Waals surface area contributed by atoms with E-state index in [1.165, 1.54) is 11.3 Å². The summed E-state index contributed by atoms with van der Waals surface area (Å²) in [5, 5.41) is 17.5. The normalized spacial score (nSPS) is 11.0. The van der Waals surface area contributed by atoms with Crippen LogP contribution in [0.15, 0.2) is 24.3 Å². The van der Waals surface area contributed by atoms with Crippen molar-refractivity contribution in [1.29, 1.82) is 0 Å². The largest absolute Gasteiger partial charge is 0.296 e. The molecule has 0 aliphatic rings. The zero-order chi connectivity index (χ0) is 19.4. The molecule has 27 heavy (non-hydrogen) atoms. The van der Waals surface area contributed by atoms with Crippen LogP contribution < -0.4 is 5.32 Å². The monoisotopic (exact) mass is 423 g/mol. The van der Waals surface area contributed by atoms with Gasteiger partial charge in [0.1, 0.15) is 10.2 Å². The zero-order valence-electron chi connectivity index (χ0n) is 15.0. The van der Waals surface area contributed by atoms with Crippen LogP contribution in [0.2, 0.25) is 10.2 Å². The highest BCUT2D eigenvalue weighted by molar-refractivity contribution is 7.15. The smallest absolute Gasteiger partial charge is 0.262 e. The van der Waals surface area contributed by atoms with Gasteiger partial charge in [0.15, 0.2) is 0 Å². The molecule has 0 spiro atoms. The third-order valence-electron chi connectivity index (χ3n) is 4.00. The van der Waals surface area contributed by atoms with Gasteiger partial charge in [-0.15, -0.1) is 10.2 Å². The minimum absolute atomic E-state index is 0.264. The number of aromatic nitrogens is 4. The molecule has 0 atom stereocenters. The second-order valence-electron chi connectivity index (χ2n) is 6.06. The van der Waals surface area contributed by atoms with E-state index in [4.69, 9.17) is 23.2 Å². The number of rotatable bonds is 7. The third-order valence-corrected chi connectivity index (χ3v) is 5.65. The summed E-state index contributed by atoms with van der Waals surface area (Å²) in [5.41, 5.74) is 1.74. The molecule has 0 radical (unpaired) electrons. The van der Waals surface area contributed by atoms with Crippen molar-refractivity contribution in [1.82, 2.24) is 20.0 Å². The van der Waals surface area contributed by atoms with Crippen LogP contribution in [-0.4, -0.2) is 25.9 Å². The van der Waals surface area contributed by atoms with Gasteiger partial charge in [-0.2, -0.15) is 5.10 Å². The van der Waals surface area contributed by atoms with Gasteiger partial charge in [-0.25, -0.2) is 4.68 Å². The highest BCUT2D eigenvalue weighted by Gasteiger charge is 2.22. The molecule has 0 unspecified atom stereocenters. The molecule has 0 fully saturated rings. The maximum Gasteiger partial charge on any atom is 0.262 e. The van der Waals surface area contributed by atoms with Gasteiger partial charge in [0.05, 0.1) is 17.8 Å². The molecule has 9 heteroatoms. The molecule has 3 rings (SSSR count). The van der Waals surface area contributed by atoms with Crippen molar-refractivity contribution < 1.29 is 4.79 Å². The van der Waals surface area contributed by atoms with Crippen LogP contribution in [0, 0.1) is 6.92 Å². The number of nitrogens with zero attached hydrogens (tertiary/aromatic N) is 4.